The quantitative estimate of drug-likeness (QED) is 0.641. The number of hydrogen-bond donors (Lipinski definition) is 1. The van der Waals surface area contributed by atoms with Gasteiger partial charge in [0.15, 0.2) is 16.4 Å². The smallest absolute Gasteiger partial charge is 0.196 e. The van der Waals surface area contributed by atoms with Crippen molar-refractivity contribution in [2.24, 2.45) is 0 Å². The number of ketones is 2. The topological polar surface area (TPSA) is 54.4 Å². The lowest BCUT2D eigenvalue weighted by atomic mass is 9.78. The van der Waals surface area contributed by atoms with Crippen LogP contribution in [-0.2, 0) is 0 Å². The summed E-state index contributed by atoms with van der Waals surface area (Å²) in [5, 5.41) is 11.2. The van der Waals surface area contributed by atoms with Gasteiger partial charge in [-0.3, -0.25) is 9.59 Å². The van der Waals surface area contributed by atoms with Crippen LogP contribution in [0.4, 0.5) is 0 Å². The fourth-order valence-corrected chi connectivity index (χ4v) is 2.82. The average Bonchev–Trinajstić information content (AvgIpc) is 2.43. The van der Waals surface area contributed by atoms with E-state index in [1.54, 1.807) is 31.2 Å². The molecule has 0 fully saturated rings. The van der Waals surface area contributed by atoms with Crippen LogP contribution in [-0.4, -0.2) is 21.5 Å². The molecule has 1 atom stereocenters. The molecule has 96 valence electrons. The molecule has 2 aromatic rings. The minimum Gasteiger partial charge on any atom is -0.507 e. The second-order valence-electron chi connectivity index (χ2n) is 4.68. The van der Waals surface area contributed by atoms with Crippen LogP contribution in [0.2, 0.25) is 0 Å². The van der Waals surface area contributed by atoms with E-state index in [0.29, 0.717) is 10.9 Å². The SMILES string of the molecule is CC[C@@]1(Cl)C(=O)c2cccc3ccc(O)c(c23)C1=O. The lowest BCUT2D eigenvalue weighted by Crippen LogP contribution is -2.43. The first-order valence-electron chi connectivity index (χ1n) is 6.04. The van der Waals surface area contributed by atoms with Crippen LogP contribution >= 0.6 is 11.6 Å². The monoisotopic (exact) mass is 274 g/mol. The molecule has 3 nitrogen and oxygen atoms in total. The van der Waals surface area contributed by atoms with Gasteiger partial charge in [0.25, 0.3) is 0 Å². The third-order valence-electron chi connectivity index (χ3n) is 3.70. The molecule has 0 unspecified atom stereocenters. The molecule has 0 aromatic heterocycles. The first-order valence-corrected chi connectivity index (χ1v) is 6.41. The van der Waals surface area contributed by atoms with Gasteiger partial charge >= 0.3 is 0 Å². The number of carbonyl (C=O) groups is 2. The number of phenols is 1. The molecular formula is C15H11ClO3. The van der Waals surface area contributed by atoms with Crippen LogP contribution in [0.25, 0.3) is 10.8 Å². The van der Waals surface area contributed by atoms with Gasteiger partial charge in [-0.25, -0.2) is 0 Å². The predicted octanol–water partition coefficient (Wildman–Crippen LogP) is 3.31. The molecule has 1 N–H and O–H groups in total. The lowest BCUT2D eigenvalue weighted by Gasteiger charge is -2.29. The van der Waals surface area contributed by atoms with Crippen molar-refractivity contribution < 1.29 is 14.7 Å². The molecule has 1 aliphatic rings. The van der Waals surface area contributed by atoms with Crippen LogP contribution in [0, 0.1) is 0 Å². The Bertz CT molecular complexity index is 735. The number of benzene rings is 2. The zero-order chi connectivity index (χ0) is 13.8. The standard InChI is InChI=1S/C15H11ClO3/c1-2-15(16)13(18)9-5-3-4-8-6-7-10(17)12(11(8)9)14(15)19/h3-7,17H,2H2,1H3/t15-/m1/s1. The summed E-state index contributed by atoms with van der Waals surface area (Å²) in [6.45, 7) is 1.69. The number of halogens is 1. The van der Waals surface area contributed by atoms with Crippen LogP contribution in [0.5, 0.6) is 5.75 Å². The number of carbonyl (C=O) groups excluding carboxylic acids is 2. The highest BCUT2D eigenvalue weighted by atomic mass is 35.5. The first kappa shape index (κ1) is 12.2. The zero-order valence-corrected chi connectivity index (χ0v) is 11.0. The fraction of sp³-hybridized carbons (Fsp3) is 0.200. The van der Waals surface area contributed by atoms with E-state index in [4.69, 9.17) is 11.6 Å². The van der Waals surface area contributed by atoms with Crippen molar-refractivity contribution in [2.75, 3.05) is 0 Å². The molecule has 0 aliphatic heterocycles. The summed E-state index contributed by atoms with van der Waals surface area (Å²) in [5.41, 5.74) is 0.560. The maximum atomic E-state index is 12.5. The van der Waals surface area contributed by atoms with E-state index in [1.165, 1.54) is 6.07 Å². The molecule has 1 aliphatic carbocycles. The first-order chi connectivity index (χ1) is 9.00. The van der Waals surface area contributed by atoms with Gasteiger partial charge < -0.3 is 5.11 Å². The Hall–Kier alpha value is -1.87. The van der Waals surface area contributed by atoms with E-state index in [2.05, 4.69) is 0 Å². The Balaban J connectivity index is 2.51. The molecule has 0 bridgehead atoms. The minimum absolute atomic E-state index is 0.129. The van der Waals surface area contributed by atoms with Crippen molar-refractivity contribution >= 4 is 33.9 Å². The minimum atomic E-state index is -1.60. The third-order valence-corrected chi connectivity index (χ3v) is 4.31. The van der Waals surface area contributed by atoms with Gasteiger partial charge in [0.2, 0.25) is 0 Å². The van der Waals surface area contributed by atoms with Crippen LogP contribution in [0.3, 0.4) is 0 Å². The van der Waals surface area contributed by atoms with Crippen molar-refractivity contribution in [3.63, 3.8) is 0 Å². The maximum absolute atomic E-state index is 12.5. The Labute approximate surface area is 114 Å². The number of rotatable bonds is 1. The summed E-state index contributed by atoms with van der Waals surface area (Å²) in [6, 6.07) is 8.34. The number of aromatic hydroxyl groups is 1. The van der Waals surface area contributed by atoms with Gasteiger partial charge in [0, 0.05) is 10.9 Å². The molecule has 0 saturated carbocycles. The van der Waals surface area contributed by atoms with Crippen molar-refractivity contribution in [3.8, 4) is 5.75 Å². The van der Waals surface area contributed by atoms with Gasteiger partial charge in [-0.2, -0.15) is 0 Å². The molecule has 0 heterocycles. The maximum Gasteiger partial charge on any atom is 0.196 e. The van der Waals surface area contributed by atoms with Crippen molar-refractivity contribution in [1.82, 2.24) is 0 Å². The van der Waals surface area contributed by atoms with E-state index in [1.807, 2.05) is 0 Å². The molecular weight excluding hydrogens is 264 g/mol. The van der Waals surface area contributed by atoms with E-state index < -0.39 is 10.7 Å². The average molecular weight is 275 g/mol. The van der Waals surface area contributed by atoms with E-state index in [-0.39, 0.29) is 23.5 Å². The summed E-state index contributed by atoms with van der Waals surface area (Å²) in [5.74, 6) is -1.02. The second kappa shape index (κ2) is 3.81. The molecule has 0 radical (unpaired) electrons. The van der Waals surface area contributed by atoms with Gasteiger partial charge in [-0.05, 0) is 17.9 Å². The molecule has 19 heavy (non-hydrogen) atoms. The van der Waals surface area contributed by atoms with Gasteiger partial charge in [0.1, 0.15) is 5.75 Å². The number of Topliss-reactive ketones (excluding diaryl/α,β-unsaturated/α-hetero) is 2. The lowest BCUT2D eigenvalue weighted by molar-refractivity contribution is 0.0822. The number of phenolic OH excluding ortho intramolecular Hbond substituents is 1. The van der Waals surface area contributed by atoms with E-state index in [0.717, 1.165) is 5.39 Å². The summed E-state index contributed by atoms with van der Waals surface area (Å²) >= 11 is 6.23. The zero-order valence-electron chi connectivity index (χ0n) is 10.2. The number of alkyl halides is 1. The van der Waals surface area contributed by atoms with Crippen LogP contribution < -0.4 is 0 Å². The van der Waals surface area contributed by atoms with E-state index >= 15 is 0 Å². The Morgan fingerprint density at radius 3 is 2.58 bits per heavy atom. The van der Waals surface area contributed by atoms with Gasteiger partial charge in [-0.15, -0.1) is 11.6 Å². The largest absolute Gasteiger partial charge is 0.507 e. The summed E-state index contributed by atoms with van der Waals surface area (Å²) in [6.07, 6.45) is 0.191. The van der Waals surface area contributed by atoms with Gasteiger partial charge in [0.05, 0.1) is 5.56 Å². The normalized spacial score (nSPS) is 22.0. The Kier molecular flexibility index (Phi) is 2.44. The summed E-state index contributed by atoms with van der Waals surface area (Å²) in [4.78, 5) is 23.3. The molecule has 3 rings (SSSR count). The van der Waals surface area contributed by atoms with Crippen molar-refractivity contribution in [1.29, 1.82) is 0 Å². The molecule has 0 spiro atoms. The summed E-state index contributed by atoms with van der Waals surface area (Å²) < 4.78 is 0. The van der Waals surface area contributed by atoms with E-state index in [9.17, 15) is 14.7 Å². The Morgan fingerprint density at radius 1 is 1.16 bits per heavy atom. The van der Waals surface area contributed by atoms with Crippen molar-refractivity contribution in [2.45, 2.75) is 18.2 Å². The molecule has 0 saturated heterocycles. The molecule has 2 aromatic carbocycles. The van der Waals surface area contributed by atoms with Gasteiger partial charge in [-0.1, -0.05) is 31.2 Å². The third kappa shape index (κ3) is 1.39. The Morgan fingerprint density at radius 2 is 1.89 bits per heavy atom. The molecule has 0 amide bonds. The predicted molar refractivity (Wildman–Crippen MR) is 73.1 cm³/mol. The van der Waals surface area contributed by atoms with Crippen LogP contribution in [0.1, 0.15) is 34.1 Å². The summed E-state index contributed by atoms with van der Waals surface area (Å²) in [7, 11) is 0. The fourth-order valence-electron chi connectivity index (χ4n) is 2.62. The number of hydrogen-bond acceptors (Lipinski definition) is 3. The highest BCUT2D eigenvalue weighted by molar-refractivity contribution is 6.55. The highest BCUT2D eigenvalue weighted by Crippen LogP contribution is 2.42. The highest BCUT2D eigenvalue weighted by Gasteiger charge is 2.48. The van der Waals surface area contributed by atoms with Crippen molar-refractivity contribution in [3.05, 3.63) is 41.5 Å². The second-order valence-corrected chi connectivity index (χ2v) is 5.32. The molecule has 4 heteroatoms. The van der Waals surface area contributed by atoms with Crippen LogP contribution in [0.15, 0.2) is 30.3 Å².